The molecule has 3 rings (SSSR count). The molecule has 0 atom stereocenters. The van der Waals surface area contributed by atoms with Crippen LogP contribution in [0.5, 0.6) is 0 Å². The van der Waals surface area contributed by atoms with Crippen LogP contribution in [-0.2, 0) is 0 Å². The van der Waals surface area contributed by atoms with Gasteiger partial charge in [-0.1, -0.05) is 30.3 Å². The van der Waals surface area contributed by atoms with E-state index in [2.05, 4.69) is 20.5 Å². The number of hydrazone groups is 1. The third-order valence-electron chi connectivity index (χ3n) is 3.53. The van der Waals surface area contributed by atoms with Crippen molar-refractivity contribution in [3.8, 4) is 0 Å². The maximum Gasteiger partial charge on any atom is 0.193 e. The van der Waals surface area contributed by atoms with Crippen LogP contribution in [0, 0.1) is 0 Å². The smallest absolute Gasteiger partial charge is 0.193 e. The second-order valence-corrected chi connectivity index (χ2v) is 5.59. The van der Waals surface area contributed by atoms with E-state index in [0.717, 1.165) is 17.1 Å². The van der Waals surface area contributed by atoms with Gasteiger partial charge in [-0.25, -0.2) is 0 Å². The summed E-state index contributed by atoms with van der Waals surface area (Å²) in [4.78, 5) is 10.6. The average molecular weight is 347 g/mol. The fraction of sp³-hybridized carbons (Fsp3) is 0.0526. The summed E-state index contributed by atoms with van der Waals surface area (Å²) < 4.78 is 0. The van der Waals surface area contributed by atoms with Gasteiger partial charge in [0.05, 0.1) is 11.4 Å². The number of hydrogen-bond donors (Lipinski definition) is 1. The molecule has 0 aliphatic carbocycles. The predicted molar refractivity (Wildman–Crippen MR) is 105 cm³/mol. The summed E-state index contributed by atoms with van der Waals surface area (Å²) in [5.41, 5.74) is 5.99. The van der Waals surface area contributed by atoms with E-state index in [1.807, 2.05) is 78.7 Å². The highest BCUT2D eigenvalue weighted by molar-refractivity contribution is 7.80. The Kier molecular flexibility index (Phi) is 5.43. The first-order chi connectivity index (χ1) is 12.3. The zero-order valence-electron chi connectivity index (χ0n) is 13.7. The van der Waals surface area contributed by atoms with Crippen molar-refractivity contribution in [1.82, 2.24) is 15.4 Å². The molecule has 0 saturated heterocycles. The number of thiocarbonyl (C=S) groups is 1. The SMILES string of the molecule is CN(C(=S)NN=C(c1ccccn1)c1ccccn1)c1ccccc1. The number of hydrogen-bond acceptors (Lipinski definition) is 4. The van der Waals surface area contributed by atoms with Crippen LogP contribution in [0.3, 0.4) is 0 Å². The molecule has 5 nitrogen and oxygen atoms in total. The van der Waals surface area contributed by atoms with E-state index in [9.17, 15) is 0 Å². The molecule has 0 saturated carbocycles. The van der Waals surface area contributed by atoms with Gasteiger partial charge in [0.2, 0.25) is 0 Å². The minimum atomic E-state index is 0.482. The molecule has 0 radical (unpaired) electrons. The second kappa shape index (κ2) is 8.12. The second-order valence-electron chi connectivity index (χ2n) is 5.20. The Balaban J connectivity index is 1.85. The Morgan fingerprint density at radius 1 is 0.880 bits per heavy atom. The van der Waals surface area contributed by atoms with Crippen molar-refractivity contribution in [2.75, 3.05) is 11.9 Å². The molecule has 2 heterocycles. The molecule has 0 aliphatic heterocycles. The van der Waals surface area contributed by atoms with E-state index >= 15 is 0 Å². The summed E-state index contributed by atoms with van der Waals surface area (Å²) >= 11 is 5.44. The van der Waals surface area contributed by atoms with Gasteiger partial charge in [-0.3, -0.25) is 15.4 Å². The summed E-state index contributed by atoms with van der Waals surface area (Å²) in [5.74, 6) is 0. The number of rotatable bonds is 4. The van der Waals surface area contributed by atoms with Gasteiger partial charge in [-0.15, -0.1) is 0 Å². The minimum Gasteiger partial charge on any atom is -0.321 e. The summed E-state index contributed by atoms with van der Waals surface area (Å²) in [6.45, 7) is 0. The summed E-state index contributed by atoms with van der Waals surface area (Å²) in [7, 11) is 1.89. The molecule has 124 valence electrons. The number of aromatic nitrogens is 2. The predicted octanol–water partition coefficient (Wildman–Crippen LogP) is 3.24. The Hall–Kier alpha value is -3.12. The van der Waals surface area contributed by atoms with Crippen LogP contribution in [0.4, 0.5) is 5.69 Å². The average Bonchev–Trinajstić information content (AvgIpc) is 2.70. The van der Waals surface area contributed by atoms with Crippen molar-refractivity contribution in [3.05, 3.63) is 90.5 Å². The summed E-state index contributed by atoms with van der Waals surface area (Å²) in [6, 6.07) is 21.2. The van der Waals surface area contributed by atoms with Crippen molar-refractivity contribution in [3.63, 3.8) is 0 Å². The molecular weight excluding hydrogens is 330 g/mol. The Morgan fingerprint density at radius 3 is 1.96 bits per heavy atom. The van der Waals surface area contributed by atoms with E-state index < -0.39 is 0 Å². The normalized spacial score (nSPS) is 9.96. The number of anilines is 1. The fourth-order valence-corrected chi connectivity index (χ4v) is 2.35. The lowest BCUT2D eigenvalue weighted by Crippen LogP contribution is -2.35. The largest absolute Gasteiger partial charge is 0.321 e. The van der Waals surface area contributed by atoms with Gasteiger partial charge in [-0.05, 0) is 48.6 Å². The highest BCUT2D eigenvalue weighted by atomic mass is 32.1. The van der Waals surface area contributed by atoms with Crippen molar-refractivity contribution in [2.45, 2.75) is 0 Å². The van der Waals surface area contributed by atoms with Gasteiger partial charge >= 0.3 is 0 Å². The highest BCUT2D eigenvalue weighted by Gasteiger charge is 2.11. The zero-order valence-corrected chi connectivity index (χ0v) is 14.5. The highest BCUT2D eigenvalue weighted by Crippen LogP contribution is 2.11. The Morgan fingerprint density at radius 2 is 1.44 bits per heavy atom. The van der Waals surface area contributed by atoms with E-state index in [1.54, 1.807) is 12.4 Å². The first-order valence-corrected chi connectivity index (χ1v) is 8.16. The quantitative estimate of drug-likeness (QED) is 0.446. The molecule has 25 heavy (non-hydrogen) atoms. The lowest BCUT2D eigenvalue weighted by Gasteiger charge is -2.19. The van der Waals surface area contributed by atoms with Crippen LogP contribution in [0.25, 0.3) is 0 Å². The molecule has 3 aromatic rings. The van der Waals surface area contributed by atoms with Crippen LogP contribution in [0.15, 0.2) is 84.2 Å². The zero-order chi connectivity index (χ0) is 17.5. The lowest BCUT2D eigenvalue weighted by molar-refractivity contribution is 0.999. The lowest BCUT2D eigenvalue weighted by atomic mass is 10.1. The molecule has 1 N–H and O–H groups in total. The van der Waals surface area contributed by atoms with Crippen molar-refractivity contribution >= 4 is 28.7 Å². The molecule has 0 amide bonds. The van der Waals surface area contributed by atoms with Crippen LogP contribution in [0.1, 0.15) is 11.4 Å². The third-order valence-corrected chi connectivity index (χ3v) is 3.89. The van der Waals surface area contributed by atoms with Crippen molar-refractivity contribution in [1.29, 1.82) is 0 Å². The van der Waals surface area contributed by atoms with Crippen molar-refractivity contribution < 1.29 is 0 Å². The van der Waals surface area contributed by atoms with Gasteiger partial charge in [0.1, 0.15) is 5.71 Å². The fourth-order valence-electron chi connectivity index (χ4n) is 2.20. The first-order valence-electron chi connectivity index (χ1n) is 7.75. The van der Waals surface area contributed by atoms with Crippen LogP contribution in [-0.4, -0.2) is 27.8 Å². The number of benzene rings is 1. The van der Waals surface area contributed by atoms with E-state index in [-0.39, 0.29) is 0 Å². The third kappa shape index (κ3) is 4.24. The van der Waals surface area contributed by atoms with E-state index in [4.69, 9.17) is 12.2 Å². The van der Waals surface area contributed by atoms with Gasteiger partial charge in [0.25, 0.3) is 0 Å². The number of pyridine rings is 2. The standard InChI is InChI=1S/C19H17N5S/c1-24(15-9-3-2-4-10-15)19(25)23-22-18(16-11-5-7-13-20-16)17-12-6-8-14-21-17/h2-14H,1H3,(H,23,25). The van der Waals surface area contributed by atoms with Gasteiger partial charge in [-0.2, -0.15) is 5.10 Å². The Labute approximate surface area is 152 Å². The number of nitrogens with one attached hydrogen (secondary N) is 1. The monoisotopic (exact) mass is 347 g/mol. The van der Waals surface area contributed by atoms with Crippen LogP contribution < -0.4 is 10.3 Å². The van der Waals surface area contributed by atoms with Gasteiger partial charge in [0, 0.05) is 25.1 Å². The minimum absolute atomic E-state index is 0.482. The molecular formula is C19H17N5S. The first kappa shape index (κ1) is 16.7. The van der Waals surface area contributed by atoms with Gasteiger partial charge in [0.15, 0.2) is 5.11 Å². The number of nitrogens with zero attached hydrogens (tertiary/aromatic N) is 4. The number of para-hydroxylation sites is 1. The van der Waals surface area contributed by atoms with E-state index in [1.165, 1.54) is 0 Å². The maximum atomic E-state index is 5.44. The molecule has 1 aromatic carbocycles. The molecule has 6 heteroatoms. The molecule has 2 aromatic heterocycles. The molecule has 0 bridgehead atoms. The maximum absolute atomic E-state index is 5.44. The van der Waals surface area contributed by atoms with Crippen molar-refractivity contribution in [2.24, 2.45) is 5.10 Å². The summed E-state index contributed by atoms with van der Waals surface area (Å²) in [5, 5.41) is 4.95. The Bertz CT molecular complexity index is 809. The molecule has 0 fully saturated rings. The van der Waals surface area contributed by atoms with Crippen LogP contribution >= 0.6 is 12.2 Å². The van der Waals surface area contributed by atoms with Gasteiger partial charge < -0.3 is 4.90 Å². The molecule has 0 aliphatic rings. The van der Waals surface area contributed by atoms with Crippen LogP contribution in [0.2, 0.25) is 0 Å². The molecule has 0 spiro atoms. The topological polar surface area (TPSA) is 53.4 Å². The van der Waals surface area contributed by atoms with E-state index in [0.29, 0.717) is 10.8 Å². The molecule has 0 unspecified atom stereocenters. The summed E-state index contributed by atoms with van der Waals surface area (Å²) in [6.07, 6.45) is 3.45.